The van der Waals surface area contributed by atoms with Gasteiger partial charge in [0.05, 0.1) is 0 Å². The van der Waals surface area contributed by atoms with E-state index in [-0.39, 0.29) is 17.0 Å². The molecule has 1 unspecified atom stereocenters. The average Bonchev–Trinajstić information content (AvgIpc) is 2.31. The van der Waals surface area contributed by atoms with Crippen molar-refractivity contribution in [1.29, 1.82) is 0 Å². The van der Waals surface area contributed by atoms with Crippen LogP contribution in [-0.2, 0) is 4.79 Å². The minimum absolute atomic E-state index is 0. The molecule has 2 rings (SSSR count). The van der Waals surface area contributed by atoms with Crippen molar-refractivity contribution in [3.05, 3.63) is 35.9 Å². The molecule has 1 aliphatic heterocycles. The first kappa shape index (κ1) is 14.2. The van der Waals surface area contributed by atoms with E-state index in [4.69, 9.17) is 0 Å². The smallest absolute Gasteiger partial charge is 0.325 e. The highest BCUT2D eigenvalue weighted by Gasteiger charge is 2.27. The molecule has 1 aliphatic rings. The summed E-state index contributed by atoms with van der Waals surface area (Å²) in [7, 11) is 0. The Labute approximate surface area is 112 Å². The largest absolute Gasteiger partial charge is 0.480 e. The fraction of sp³-hybridized carbons (Fsp3) is 0.462. The van der Waals surface area contributed by atoms with Crippen LogP contribution in [0.3, 0.4) is 0 Å². The van der Waals surface area contributed by atoms with Crippen molar-refractivity contribution in [3.63, 3.8) is 0 Å². The molecule has 1 atom stereocenters. The lowest BCUT2D eigenvalue weighted by molar-refractivity contribution is -0.144. The molecule has 94 valence electrons. The molecule has 0 bridgehead atoms. The highest BCUT2D eigenvalue weighted by atomic mass is 79.9. The van der Waals surface area contributed by atoms with Crippen LogP contribution in [0.5, 0.6) is 0 Å². The molecule has 4 heteroatoms. The van der Waals surface area contributed by atoms with Gasteiger partial charge in [0.15, 0.2) is 0 Å². The molecular weight excluding hydrogens is 282 g/mol. The quantitative estimate of drug-likeness (QED) is 0.933. The molecule has 0 radical (unpaired) electrons. The first-order valence-corrected chi connectivity index (χ1v) is 5.81. The number of likely N-dealkylation sites (tertiary alicyclic amines) is 1. The second kappa shape index (κ2) is 6.77. The average molecular weight is 300 g/mol. The number of carbonyl (C=O) groups is 1. The lowest BCUT2D eigenvalue weighted by atomic mass is 10.0. The number of hydrogen-bond acceptors (Lipinski definition) is 2. The van der Waals surface area contributed by atoms with Crippen LogP contribution in [0, 0.1) is 0 Å². The van der Waals surface area contributed by atoms with Crippen molar-refractivity contribution in [2.45, 2.75) is 25.3 Å². The van der Waals surface area contributed by atoms with Crippen molar-refractivity contribution in [3.8, 4) is 0 Å². The Hall–Kier alpha value is -0.870. The fourth-order valence-corrected chi connectivity index (χ4v) is 2.32. The maximum absolute atomic E-state index is 11.4. The molecule has 1 aromatic rings. The van der Waals surface area contributed by atoms with E-state index in [1.165, 1.54) is 6.42 Å². The van der Waals surface area contributed by atoms with Crippen molar-refractivity contribution in [2.75, 3.05) is 13.1 Å². The third kappa shape index (κ3) is 3.54. The molecule has 3 nitrogen and oxygen atoms in total. The van der Waals surface area contributed by atoms with Gasteiger partial charge in [0.25, 0.3) is 0 Å². The molecule has 1 aromatic carbocycles. The van der Waals surface area contributed by atoms with Crippen molar-refractivity contribution < 1.29 is 9.90 Å². The molecule has 0 aliphatic carbocycles. The summed E-state index contributed by atoms with van der Waals surface area (Å²) < 4.78 is 0. The maximum atomic E-state index is 11.4. The SMILES string of the molecule is Br.O=C(O)C(c1ccccc1)N1CCCCC1. The van der Waals surface area contributed by atoms with E-state index >= 15 is 0 Å². The number of nitrogens with zero attached hydrogens (tertiary/aromatic N) is 1. The third-order valence-corrected chi connectivity index (χ3v) is 3.11. The summed E-state index contributed by atoms with van der Waals surface area (Å²) in [5.41, 5.74) is 0.886. The van der Waals surface area contributed by atoms with E-state index in [2.05, 4.69) is 4.90 Å². The van der Waals surface area contributed by atoms with Gasteiger partial charge < -0.3 is 5.11 Å². The summed E-state index contributed by atoms with van der Waals surface area (Å²) >= 11 is 0. The second-order valence-corrected chi connectivity index (χ2v) is 4.25. The van der Waals surface area contributed by atoms with E-state index in [0.29, 0.717) is 0 Å². The van der Waals surface area contributed by atoms with Crippen molar-refractivity contribution >= 4 is 23.0 Å². The standard InChI is InChI=1S/C13H17NO2.BrH/c15-13(16)12(11-7-3-1-4-8-11)14-9-5-2-6-10-14;/h1,3-4,7-8,12H,2,5-6,9-10H2,(H,15,16);1H. The molecule has 1 saturated heterocycles. The Morgan fingerprint density at radius 2 is 1.71 bits per heavy atom. The Morgan fingerprint density at radius 3 is 2.24 bits per heavy atom. The Morgan fingerprint density at radius 1 is 1.12 bits per heavy atom. The molecule has 1 heterocycles. The van der Waals surface area contributed by atoms with Crippen LogP contribution in [0.2, 0.25) is 0 Å². The number of aliphatic carboxylic acids is 1. The van der Waals surface area contributed by atoms with E-state index < -0.39 is 12.0 Å². The molecule has 0 saturated carbocycles. The molecule has 1 N–H and O–H groups in total. The predicted molar refractivity (Wildman–Crippen MR) is 72.6 cm³/mol. The van der Waals surface area contributed by atoms with Crippen LogP contribution in [0.1, 0.15) is 30.9 Å². The van der Waals surface area contributed by atoms with Crippen LogP contribution in [0.15, 0.2) is 30.3 Å². The van der Waals surface area contributed by atoms with Gasteiger partial charge in [0, 0.05) is 0 Å². The minimum Gasteiger partial charge on any atom is -0.480 e. The summed E-state index contributed by atoms with van der Waals surface area (Å²) in [6.45, 7) is 1.79. The maximum Gasteiger partial charge on any atom is 0.325 e. The van der Waals surface area contributed by atoms with Gasteiger partial charge in [-0.2, -0.15) is 0 Å². The molecule has 0 amide bonds. The first-order chi connectivity index (χ1) is 7.79. The number of rotatable bonds is 3. The number of hydrogen-bond donors (Lipinski definition) is 1. The lowest BCUT2D eigenvalue weighted by Gasteiger charge is -2.32. The number of carboxylic acid groups (broad SMARTS) is 1. The van der Waals surface area contributed by atoms with E-state index in [0.717, 1.165) is 31.5 Å². The second-order valence-electron chi connectivity index (χ2n) is 4.25. The van der Waals surface area contributed by atoms with Crippen LogP contribution in [-0.4, -0.2) is 29.1 Å². The summed E-state index contributed by atoms with van der Waals surface area (Å²) in [6, 6.07) is 9.03. The topological polar surface area (TPSA) is 40.5 Å². The van der Waals surface area contributed by atoms with Crippen LogP contribution in [0.4, 0.5) is 0 Å². The van der Waals surface area contributed by atoms with Crippen molar-refractivity contribution in [1.82, 2.24) is 4.90 Å². The first-order valence-electron chi connectivity index (χ1n) is 5.81. The highest BCUT2D eigenvalue weighted by molar-refractivity contribution is 8.93. The number of benzene rings is 1. The lowest BCUT2D eigenvalue weighted by Crippen LogP contribution is -2.37. The minimum atomic E-state index is -0.742. The van der Waals surface area contributed by atoms with E-state index in [1.807, 2.05) is 30.3 Å². The van der Waals surface area contributed by atoms with E-state index in [9.17, 15) is 9.90 Å². The van der Waals surface area contributed by atoms with Gasteiger partial charge >= 0.3 is 5.97 Å². The monoisotopic (exact) mass is 299 g/mol. The highest BCUT2D eigenvalue weighted by Crippen LogP contribution is 2.24. The number of halogens is 1. The Balaban J connectivity index is 0.00000144. The van der Waals surface area contributed by atoms with Gasteiger partial charge in [-0.15, -0.1) is 17.0 Å². The van der Waals surface area contributed by atoms with Gasteiger partial charge in [-0.1, -0.05) is 36.8 Å². The summed E-state index contributed by atoms with van der Waals surface area (Å²) in [4.78, 5) is 13.4. The normalized spacial score (nSPS) is 18.1. The zero-order valence-corrected chi connectivity index (χ0v) is 11.4. The van der Waals surface area contributed by atoms with Crippen LogP contribution >= 0.6 is 17.0 Å². The molecule has 0 spiro atoms. The van der Waals surface area contributed by atoms with Gasteiger partial charge in [-0.25, -0.2) is 0 Å². The van der Waals surface area contributed by atoms with Crippen LogP contribution < -0.4 is 0 Å². The number of piperidine rings is 1. The summed E-state index contributed by atoms with van der Waals surface area (Å²) in [5.74, 6) is -0.742. The molecule has 0 aromatic heterocycles. The van der Waals surface area contributed by atoms with Gasteiger partial charge in [-0.3, -0.25) is 9.69 Å². The Bertz CT molecular complexity index is 350. The Kier molecular flexibility index (Phi) is 5.65. The zero-order chi connectivity index (χ0) is 11.4. The third-order valence-electron chi connectivity index (χ3n) is 3.11. The van der Waals surface area contributed by atoms with Crippen molar-refractivity contribution in [2.24, 2.45) is 0 Å². The summed E-state index contributed by atoms with van der Waals surface area (Å²) in [5, 5.41) is 9.34. The predicted octanol–water partition coefficient (Wildman–Crippen LogP) is 2.88. The van der Waals surface area contributed by atoms with Crippen LogP contribution in [0.25, 0.3) is 0 Å². The van der Waals surface area contributed by atoms with Gasteiger partial charge in [0.1, 0.15) is 6.04 Å². The molecule has 17 heavy (non-hydrogen) atoms. The summed E-state index contributed by atoms with van der Waals surface area (Å²) in [6.07, 6.45) is 3.44. The molecular formula is C13H18BrNO2. The zero-order valence-electron chi connectivity index (χ0n) is 9.71. The van der Waals surface area contributed by atoms with Gasteiger partial charge in [0.2, 0.25) is 0 Å². The molecule has 1 fully saturated rings. The van der Waals surface area contributed by atoms with E-state index in [1.54, 1.807) is 0 Å². The number of carboxylic acids is 1. The fourth-order valence-electron chi connectivity index (χ4n) is 2.32. The van der Waals surface area contributed by atoms with Gasteiger partial charge in [-0.05, 0) is 31.5 Å².